The minimum Gasteiger partial charge on any atom is -1.00 e. The van der Waals surface area contributed by atoms with Gasteiger partial charge in [0.2, 0.25) is 0 Å². The molecule has 0 radical (unpaired) electrons. The molecule has 4 aliphatic rings. The van der Waals surface area contributed by atoms with Crippen molar-refractivity contribution in [2.75, 3.05) is 25.0 Å². The Morgan fingerprint density at radius 1 is 1.33 bits per heavy atom. The minimum absolute atomic E-state index is 0. The van der Waals surface area contributed by atoms with Crippen molar-refractivity contribution in [3.63, 3.8) is 0 Å². The molecule has 2 fully saturated rings. The van der Waals surface area contributed by atoms with Gasteiger partial charge in [0.1, 0.15) is 18.9 Å². The van der Waals surface area contributed by atoms with Gasteiger partial charge in [-0.1, -0.05) is 37.6 Å². The Kier molecular flexibility index (Phi) is 4.51. The van der Waals surface area contributed by atoms with E-state index in [2.05, 4.69) is 49.5 Å². The maximum Gasteiger partial charge on any atom is 0.148 e. The second kappa shape index (κ2) is 6.49. The van der Waals surface area contributed by atoms with Crippen molar-refractivity contribution in [3.8, 4) is 0 Å². The fraction of sp³-hybridized carbons (Fsp3) is 0.522. The highest BCUT2D eigenvalue weighted by atomic mass is 35.5. The quantitative estimate of drug-likeness (QED) is 0.480. The van der Waals surface area contributed by atoms with Crippen LogP contribution < -0.4 is 17.7 Å². The molecule has 0 amide bonds. The molecule has 1 aromatic carbocycles. The number of allylic oxidation sites excluding steroid dienone is 2. The predicted octanol–water partition coefficient (Wildman–Crippen LogP) is 1.18. The summed E-state index contributed by atoms with van der Waals surface area (Å²) in [5.74, 6) is 0.318. The zero-order valence-corrected chi connectivity index (χ0v) is 17.1. The number of hydrogen-bond donors (Lipinski definition) is 1. The summed E-state index contributed by atoms with van der Waals surface area (Å²) in [6, 6.07) is 9.39. The average Bonchev–Trinajstić information content (AvgIpc) is 3.20. The first-order chi connectivity index (χ1) is 12.7. The largest absolute Gasteiger partial charge is 1.00 e. The highest BCUT2D eigenvalue weighted by Crippen LogP contribution is 2.63. The van der Waals surface area contributed by atoms with E-state index < -0.39 is 0 Å². The summed E-state index contributed by atoms with van der Waals surface area (Å²) in [7, 11) is 0. The van der Waals surface area contributed by atoms with Gasteiger partial charge in [-0.25, -0.2) is 0 Å². The molecule has 2 saturated heterocycles. The standard InChI is InChI=1S/C23H28N2O.ClH/c1-3-5-11-25-12-10-23-19-8-6-7-9-20(19)24-22(23)18(15-26)17(13-21(23)25)16(4-2)14-25;/h4,6-9,15,17,21H,3,5,10-14H2,1-2H3;1H/b16-4-;/t17-,21-,23?,25?;/m0./s1. The summed E-state index contributed by atoms with van der Waals surface area (Å²) in [6.07, 6.45) is 8.31. The average molecular weight is 385 g/mol. The first-order valence-corrected chi connectivity index (χ1v) is 10.3. The van der Waals surface area contributed by atoms with E-state index in [1.807, 2.05) is 0 Å². The Bertz CT molecular complexity index is 845. The SMILES string of the molecule is C/C=C1/C[N+]2(CCCC)CCC34C(=C(C=O)[C@H]1C[C@@H]32)Nc1ccccc14.[Cl-]. The molecule has 3 heterocycles. The van der Waals surface area contributed by atoms with Crippen LogP contribution in [-0.2, 0) is 10.2 Å². The number of unbranched alkanes of at least 4 members (excludes halogenated alkanes) is 1. The van der Waals surface area contributed by atoms with E-state index >= 15 is 0 Å². The van der Waals surface area contributed by atoms with Crippen LogP contribution in [0.1, 0.15) is 45.1 Å². The summed E-state index contributed by atoms with van der Waals surface area (Å²) in [5.41, 5.74) is 6.47. The number of carbonyl (C=O) groups excluding carboxylic acids is 1. The van der Waals surface area contributed by atoms with Crippen LogP contribution in [0.25, 0.3) is 0 Å². The van der Waals surface area contributed by atoms with Crippen molar-refractivity contribution < 1.29 is 21.7 Å². The first-order valence-electron chi connectivity index (χ1n) is 10.3. The normalized spacial score (nSPS) is 36.7. The Labute approximate surface area is 168 Å². The molecule has 2 bridgehead atoms. The third-order valence-corrected chi connectivity index (χ3v) is 7.82. The van der Waals surface area contributed by atoms with Gasteiger partial charge in [-0.3, -0.25) is 4.79 Å². The lowest BCUT2D eigenvalue weighted by molar-refractivity contribution is -0.941. The van der Waals surface area contributed by atoms with Crippen LogP contribution in [0.15, 0.2) is 47.2 Å². The number of carbonyl (C=O) groups is 1. The fourth-order valence-electron chi connectivity index (χ4n) is 6.70. The molecular weight excluding hydrogens is 356 g/mol. The van der Waals surface area contributed by atoms with Crippen molar-refractivity contribution in [2.45, 2.75) is 51.0 Å². The lowest BCUT2D eigenvalue weighted by Gasteiger charge is -2.53. The number of quaternary nitrogens is 1. The first kappa shape index (κ1) is 18.8. The van der Waals surface area contributed by atoms with Gasteiger partial charge in [0, 0.05) is 35.7 Å². The molecule has 4 atom stereocenters. The zero-order chi connectivity index (χ0) is 17.9. The fourth-order valence-corrected chi connectivity index (χ4v) is 6.70. The van der Waals surface area contributed by atoms with E-state index in [1.54, 1.807) is 0 Å². The highest BCUT2D eigenvalue weighted by molar-refractivity contribution is 5.84. The van der Waals surface area contributed by atoms with Gasteiger partial charge in [0.25, 0.3) is 0 Å². The van der Waals surface area contributed by atoms with Crippen LogP contribution in [0.3, 0.4) is 0 Å². The number of hydrogen-bond acceptors (Lipinski definition) is 2. The number of benzene rings is 1. The van der Waals surface area contributed by atoms with Crippen LogP contribution in [0.4, 0.5) is 5.69 Å². The molecule has 0 aromatic heterocycles. The summed E-state index contributed by atoms with van der Waals surface area (Å²) in [6.45, 7) is 8.12. The number of piperidine rings is 1. The molecule has 2 unspecified atom stereocenters. The van der Waals surface area contributed by atoms with Gasteiger partial charge in [-0.2, -0.15) is 0 Å². The lowest BCUT2D eigenvalue weighted by Crippen LogP contribution is -3.00. The van der Waals surface area contributed by atoms with Gasteiger partial charge in [0.05, 0.1) is 18.5 Å². The summed E-state index contributed by atoms with van der Waals surface area (Å²) >= 11 is 0. The molecule has 1 aromatic rings. The Hall–Kier alpha value is -1.58. The van der Waals surface area contributed by atoms with Crippen molar-refractivity contribution >= 4 is 12.0 Å². The smallest absolute Gasteiger partial charge is 0.148 e. The van der Waals surface area contributed by atoms with E-state index in [0.29, 0.717) is 12.0 Å². The minimum atomic E-state index is 0. The number of halogens is 1. The van der Waals surface area contributed by atoms with E-state index in [4.69, 9.17) is 0 Å². The third-order valence-electron chi connectivity index (χ3n) is 7.82. The summed E-state index contributed by atoms with van der Waals surface area (Å²) in [5, 5.41) is 3.71. The molecule has 0 saturated carbocycles. The van der Waals surface area contributed by atoms with Crippen LogP contribution in [0, 0.1) is 5.92 Å². The number of nitrogens with one attached hydrogen (secondary N) is 1. The Morgan fingerprint density at radius 3 is 2.89 bits per heavy atom. The van der Waals surface area contributed by atoms with E-state index in [1.165, 1.54) is 59.4 Å². The molecule has 3 aliphatic heterocycles. The van der Waals surface area contributed by atoms with Crippen LogP contribution >= 0.6 is 0 Å². The maximum absolute atomic E-state index is 12.2. The summed E-state index contributed by atoms with van der Waals surface area (Å²) < 4.78 is 1.23. The Balaban J connectivity index is 0.00000180. The molecule has 3 nitrogen and oxygen atoms in total. The zero-order valence-electron chi connectivity index (χ0n) is 16.3. The molecule has 27 heavy (non-hydrogen) atoms. The van der Waals surface area contributed by atoms with Crippen LogP contribution in [0.5, 0.6) is 0 Å². The Morgan fingerprint density at radius 2 is 2.15 bits per heavy atom. The number of anilines is 1. The van der Waals surface area contributed by atoms with Gasteiger partial charge in [0.15, 0.2) is 0 Å². The number of aldehydes is 1. The summed E-state index contributed by atoms with van der Waals surface area (Å²) in [4.78, 5) is 12.2. The third kappa shape index (κ3) is 2.22. The molecule has 1 N–H and O–H groups in total. The monoisotopic (exact) mass is 384 g/mol. The van der Waals surface area contributed by atoms with Gasteiger partial charge < -0.3 is 22.2 Å². The number of para-hydroxylation sites is 1. The molecule has 1 aliphatic carbocycles. The van der Waals surface area contributed by atoms with Gasteiger partial charge in [-0.05, 0) is 30.5 Å². The topological polar surface area (TPSA) is 29.1 Å². The van der Waals surface area contributed by atoms with Gasteiger partial charge in [-0.15, -0.1) is 0 Å². The maximum atomic E-state index is 12.2. The predicted molar refractivity (Wildman–Crippen MR) is 105 cm³/mol. The van der Waals surface area contributed by atoms with Crippen LogP contribution in [0.2, 0.25) is 0 Å². The molecular formula is C23H29ClN2O. The molecule has 1 spiro atoms. The number of fused-ring (bicyclic) bond motifs is 2. The van der Waals surface area contributed by atoms with Crippen molar-refractivity contribution in [3.05, 3.63) is 52.7 Å². The lowest BCUT2D eigenvalue weighted by atomic mass is 9.61. The van der Waals surface area contributed by atoms with E-state index in [9.17, 15) is 4.79 Å². The second-order valence-corrected chi connectivity index (χ2v) is 8.69. The molecule has 4 heteroatoms. The number of nitrogens with zero attached hydrogens (tertiary/aromatic N) is 1. The van der Waals surface area contributed by atoms with Crippen LogP contribution in [-0.4, -0.2) is 36.4 Å². The van der Waals surface area contributed by atoms with Crippen molar-refractivity contribution in [1.29, 1.82) is 0 Å². The molecule has 5 rings (SSSR count). The van der Waals surface area contributed by atoms with E-state index in [-0.39, 0.29) is 17.8 Å². The van der Waals surface area contributed by atoms with E-state index in [0.717, 1.165) is 24.8 Å². The second-order valence-electron chi connectivity index (χ2n) is 8.69. The van der Waals surface area contributed by atoms with Crippen molar-refractivity contribution in [2.24, 2.45) is 5.92 Å². The number of rotatable bonds is 4. The molecule has 144 valence electrons. The van der Waals surface area contributed by atoms with Crippen molar-refractivity contribution in [1.82, 2.24) is 0 Å². The highest BCUT2D eigenvalue weighted by Gasteiger charge is 2.68. The van der Waals surface area contributed by atoms with Gasteiger partial charge >= 0.3 is 0 Å².